The van der Waals surface area contributed by atoms with Crippen molar-refractivity contribution in [2.75, 3.05) is 6.54 Å². The number of unbranched alkanes of at least 4 members (excludes halogenated alkanes) is 1. The molecule has 1 aromatic rings. The van der Waals surface area contributed by atoms with Gasteiger partial charge in [0.1, 0.15) is 5.82 Å². The molecule has 0 amide bonds. The fourth-order valence-electron chi connectivity index (χ4n) is 1.66. The summed E-state index contributed by atoms with van der Waals surface area (Å²) in [6, 6.07) is 6.13. The lowest BCUT2D eigenvalue weighted by molar-refractivity contribution is -0.135. The minimum Gasteiger partial charge on any atom is -0.310 e. The smallest absolute Gasteiger partial charge is 0.310 e. The van der Waals surface area contributed by atoms with Gasteiger partial charge < -0.3 is 5.32 Å². The van der Waals surface area contributed by atoms with E-state index in [0.29, 0.717) is 13.0 Å². The van der Waals surface area contributed by atoms with Gasteiger partial charge in [0.15, 0.2) is 0 Å². The molecule has 0 aliphatic heterocycles. The zero-order valence-corrected chi connectivity index (χ0v) is 10.2. The highest BCUT2D eigenvalue weighted by Crippen LogP contribution is 2.22. The molecule has 1 aromatic carbocycles. The van der Waals surface area contributed by atoms with E-state index in [4.69, 9.17) is 0 Å². The summed E-state index contributed by atoms with van der Waals surface area (Å²) in [5.74, 6) is -0.307. The first-order valence-corrected chi connectivity index (χ1v) is 5.94. The second kappa shape index (κ2) is 6.73. The molecule has 0 fully saturated rings. The second-order valence-corrected chi connectivity index (χ2v) is 4.30. The van der Waals surface area contributed by atoms with Gasteiger partial charge in [0.2, 0.25) is 0 Å². The third-order valence-corrected chi connectivity index (χ3v) is 2.69. The molecule has 0 bridgehead atoms. The van der Waals surface area contributed by atoms with Gasteiger partial charge in [-0.1, -0.05) is 12.1 Å². The van der Waals surface area contributed by atoms with Crippen LogP contribution >= 0.6 is 0 Å². The Bertz CT molecular complexity index is 362. The van der Waals surface area contributed by atoms with E-state index < -0.39 is 12.6 Å². The molecule has 0 heterocycles. The zero-order valence-electron chi connectivity index (χ0n) is 10.2. The predicted octanol–water partition coefficient (Wildman–Crippen LogP) is 4.21. The van der Waals surface area contributed by atoms with Crippen LogP contribution in [0.1, 0.15) is 37.8 Å². The van der Waals surface area contributed by atoms with Crippen molar-refractivity contribution in [1.29, 1.82) is 0 Å². The molecule has 0 aliphatic carbocycles. The Hall–Kier alpha value is -1.10. The van der Waals surface area contributed by atoms with Gasteiger partial charge in [0, 0.05) is 12.5 Å². The zero-order chi connectivity index (χ0) is 13.6. The number of benzene rings is 1. The lowest BCUT2D eigenvalue weighted by Gasteiger charge is -2.14. The molecule has 0 radical (unpaired) electrons. The van der Waals surface area contributed by atoms with Crippen molar-refractivity contribution in [3.05, 3.63) is 35.6 Å². The number of alkyl halides is 3. The van der Waals surface area contributed by atoms with Gasteiger partial charge in [-0.3, -0.25) is 0 Å². The number of hydrogen-bond acceptors (Lipinski definition) is 1. The van der Waals surface area contributed by atoms with Crippen LogP contribution in [0.3, 0.4) is 0 Å². The Kier molecular flexibility index (Phi) is 5.59. The highest BCUT2D eigenvalue weighted by Gasteiger charge is 2.25. The van der Waals surface area contributed by atoms with Crippen molar-refractivity contribution in [2.24, 2.45) is 0 Å². The number of nitrogens with one attached hydrogen (secondary N) is 1. The fraction of sp³-hybridized carbons (Fsp3) is 0.538. The Morgan fingerprint density at radius 3 is 2.56 bits per heavy atom. The average molecular weight is 263 g/mol. The highest BCUT2D eigenvalue weighted by atomic mass is 19.4. The van der Waals surface area contributed by atoms with Crippen molar-refractivity contribution < 1.29 is 17.6 Å². The van der Waals surface area contributed by atoms with Crippen LogP contribution in [0.25, 0.3) is 0 Å². The SMILES string of the molecule is CC(NCCCCC(F)(F)F)c1cccc(F)c1. The van der Waals surface area contributed by atoms with E-state index in [1.807, 2.05) is 6.92 Å². The first-order valence-electron chi connectivity index (χ1n) is 5.94. The summed E-state index contributed by atoms with van der Waals surface area (Å²) in [6.45, 7) is 2.35. The van der Waals surface area contributed by atoms with Crippen LogP contribution in [-0.4, -0.2) is 12.7 Å². The fourth-order valence-corrected chi connectivity index (χ4v) is 1.66. The molecule has 1 rings (SSSR count). The van der Waals surface area contributed by atoms with Gasteiger partial charge in [-0.05, 0) is 44.0 Å². The molecule has 102 valence electrons. The quantitative estimate of drug-likeness (QED) is 0.599. The first kappa shape index (κ1) is 15.0. The van der Waals surface area contributed by atoms with Crippen molar-refractivity contribution in [3.63, 3.8) is 0 Å². The topological polar surface area (TPSA) is 12.0 Å². The molecule has 1 unspecified atom stereocenters. The Morgan fingerprint density at radius 2 is 1.94 bits per heavy atom. The minimum absolute atomic E-state index is 0.0633. The van der Waals surface area contributed by atoms with Crippen LogP contribution in [0.2, 0.25) is 0 Å². The van der Waals surface area contributed by atoms with E-state index in [-0.39, 0.29) is 18.3 Å². The van der Waals surface area contributed by atoms with Crippen molar-refractivity contribution in [3.8, 4) is 0 Å². The average Bonchev–Trinajstić information content (AvgIpc) is 2.26. The Morgan fingerprint density at radius 1 is 1.22 bits per heavy atom. The van der Waals surface area contributed by atoms with Gasteiger partial charge in [0.05, 0.1) is 0 Å². The van der Waals surface area contributed by atoms with Gasteiger partial charge >= 0.3 is 6.18 Å². The van der Waals surface area contributed by atoms with E-state index in [1.165, 1.54) is 12.1 Å². The molecule has 0 saturated carbocycles. The summed E-state index contributed by atoms with van der Waals surface area (Å²) in [5, 5.41) is 3.08. The van der Waals surface area contributed by atoms with Crippen molar-refractivity contribution in [2.45, 2.75) is 38.4 Å². The molecule has 0 saturated heterocycles. The van der Waals surface area contributed by atoms with Crippen LogP contribution < -0.4 is 5.32 Å². The summed E-state index contributed by atoms with van der Waals surface area (Å²) >= 11 is 0. The minimum atomic E-state index is -4.08. The third kappa shape index (κ3) is 6.00. The highest BCUT2D eigenvalue weighted by molar-refractivity contribution is 5.19. The van der Waals surface area contributed by atoms with E-state index in [9.17, 15) is 17.6 Å². The maximum atomic E-state index is 12.9. The molecule has 1 atom stereocenters. The van der Waals surface area contributed by atoms with Crippen LogP contribution in [0, 0.1) is 5.82 Å². The Balaban J connectivity index is 2.23. The van der Waals surface area contributed by atoms with E-state index in [2.05, 4.69) is 5.32 Å². The van der Waals surface area contributed by atoms with E-state index in [1.54, 1.807) is 12.1 Å². The van der Waals surface area contributed by atoms with Crippen LogP contribution in [0.4, 0.5) is 17.6 Å². The molecular formula is C13H17F4N. The monoisotopic (exact) mass is 263 g/mol. The summed E-state index contributed by atoms with van der Waals surface area (Å²) in [6.07, 6.45) is -4.25. The molecular weight excluding hydrogens is 246 g/mol. The van der Waals surface area contributed by atoms with Crippen LogP contribution in [0.5, 0.6) is 0 Å². The van der Waals surface area contributed by atoms with Crippen molar-refractivity contribution in [1.82, 2.24) is 5.32 Å². The second-order valence-electron chi connectivity index (χ2n) is 4.30. The lowest BCUT2D eigenvalue weighted by atomic mass is 10.1. The molecule has 1 N–H and O–H groups in total. The number of hydrogen-bond donors (Lipinski definition) is 1. The van der Waals surface area contributed by atoms with Gasteiger partial charge in [0.25, 0.3) is 0 Å². The number of halogens is 4. The Labute approximate surface area is 104 Å². The van der Waals surface area contributed by atoms with Gasteiger partial charge in [-0.2, -0.15) is 13.2 Å². The predicted molar refractivity (Wildman–Crippen MR) is 62.7 cm³/mol. The summed E-state index contributed by atoms with van der Waals surface area (Å²) < 4.78 is 48.6. The summed E-state index contributed by atoms with van der Waals surface area (Å²) in [4.78, 5) is 0. The van der Waals surface area contributed by atoms with Gasteiger partial charge in [-0.25, -0.2) is 4.39 Å². The molecule has 0 aromatic heterocycles. The largest absolute Gasteiger partial charge is 0.389 e. The molecule has 1 nitrogen and oxygen atoms in total. The molecule has 0 aliphatic rings. The maximum absolute atomic E-state index is 12.9. The molecule has 18 heavy (non-hydrogen) atoms. The van der Waals surface area contributed by atoms with E-state index >= 15 is 0 Å². The van der Waals surface area contributed by atoms with Crippen LogP contribution in [-0.2, 0) is 0 Å². The summed E-state index contributed by atoms with van der Waals surface area (Å²) in [7, 11) is 0. The number of rotatable bonds is 6. The third-order valence-electron chi connectivity index (χ3n) is 2.69. The normalized spacial score (nSPS) is 13.6. The molecule has 5 heteroatoms. The standard InChI is InChI=1S/C13H17F4N/c1-10(11-5-4-6-12(14)9-11)18-8-3-2-7-13(15,16)17/h4-6,9-10,18H,2-3,7-8H2,1H3. The van der Waals surface area contributed by atoms with Gasteiger partial charge in [-0.15, -0.1) is 0 Å². The maximum Gasteiger partial charge on any atom is 0.389 e. The van der Waals surface area contributed by atoms with E-state index in [0.717, 1.165) is 5.56 Å². The lowest BCUT2D eigenvalue weighted by Crippen LogP contribution is -2.20. The summed E-state index contributed by atoms with van der Waals surface area (Å²) in [5.41, 5.74) is 0.797. The molecule has 0 spiro atoms. The van der Waals surface area contributed by atoms with Crippen LogP contribution in [0.15, 0.2) is 24.3 Å². The first-order chi connectivity index (χ1) is 8.38. The van der Waals surface area contributed by atoms with Crippen molar-refractivity contribution >= 4 is 0 Å².